The lowest BCUT2D eigenvalue weighted by molar-refractivity contribution is -0.137. The third-order valence-electron chi connectivity index (χ3n) is 4.42. The highest BCUT2D eigenvalue weighted by atomic mass is 35.5. The second-order valence-electron chi connectivity index (χ2n) is 6.47. The number of carbonyl (C=O) groups excluding carboxylic acids is 3. The molecule has 6 nitrogen and oxygen atoms in total. The number of anilines is 2. The molecule has 0 spiro atoms. The van der Waals surface area contributed by atoms with Crippen molar-refractivity contribution in [1.82, 2.24) is 4.90 Å². The van der Waals surface area contributed by atoms with E-state index < -0.39 is 53.7 Å². The van der Waals surface area contributed by atoms with Crippen LogP contribution in [0.3, 0.4) is 0 Å². The van der Waals surface area contributed by atoms with E-state index >= 15 is 0 Å². The molecule has 1 aliphatic heterocycles. The van der Waals surface area contributed by atoms with Gasteiger partial charge in [-0.15, -0.1) is 0 Å². The van der Waals surface area contributed by atoms with Crippen LogP contribution >= 0.6 is 11.6 Å². The fourth-order valence-electron chi connectivity index (χ4n) is 3.00. The molecular weight excluding hydrogens is 430 g/mol. The summed E-state index contributed by atoms with van der Waals surface area (Å²) in [6.45, 7) is 0.627. The fraction of sp³-hybridized carbons (Fsp3) is 0.211. The summed E-state index contributed by atoms with van der Waals surface area (Å²) in [7, 11) is 0. The number of hydrogen-bond donors (Lipinski definition) is 1. The van der Waals surface area contributed by atoms with Gasteiger partial charge < -0.3 is 5.32 Å². The topological polar surface area (TPSA) is 69.7 Å². The van der Waals surface area contributed by atoms with Gasteiger partial charge in [0.25, 0.3) is 5.91 Å². The minimum absolute atomic E-state index is 0.172. The lowest BCUT2D eigenvalue weighted by Crippen LogP contribution is -2.39. The van der Waals surface area contributed by atoms with Crippen LogP contribution < -0.4 is 10.2 Å². The highest BCUT2D eigenvalue weighted by Crippen LogP contribution is 2.36. The number of benzene rings is 2. The Morgan fingerprint density at radius 2 is 1.77 bits per heavy atom. The van der Waals surface area contributed by atoms with Gasteiger partial charge in [0.2, 0.25) is 5.91 Å². The van der Waals surface area contributed by atoms with Gasteiger partial charge in [-0.25, -0.2) is 9.18 Å². The number of rotatable bonds is 4. The molecule has 1 atom stereocenters. The molecule has 1 aliphatic rings. The van der Waals surface area contributed by atoms with Crippen molar-refractivity contribution in [1.29, 1.82) is 0 Å². The van der Waals surface area contributed by atoms with Crippen LogP contribution in [0.5, 0.6) is 0 Å². The summed E-state index contributed by atoms with van der Waals surface area (Å²) in [5.74, 6) is -2.26. The quantitative estimate of drug-likeness (QED) is 0.566. The average molecular weight is 444 g/mol. The Morgan fingerprint density at radius 1 is 1.13 bits per heavy atom. The van der Waals surface area contributed by atoms with Gasteiger partial charge in [-0.3, -0.25) is 19.4 Å². The molecule has 1 unspecified atom stereocenters. The molecular formula is C19H14ClF4N3O3. The summed E-state index contributed by atoms with van der Waals surface area (Å²) in [4.78, 5) is 39.0. The second kappa shape index (κ2) is 7.94. The summed E-state index contributed by atoms with van der Waals surface area (Å²) in [5, 5.41) is 1.89. The predicted molar refractivity (Wildman–Crippen MR) is 101 cm³/mol. The maximum atomic E-state index is 13.2. The van der Waals surface area contributed by atoms with Crippen LogP contribution in [0.1, 0.15) is 12.5 Å². The van der Waals surface area contributed by atoms with Crippen LogP contribution in [-0.4, -0.2) is 35.3 Å². The van der Waals surface area contributed by atoms with Crippen molar-refractivity contribution in [2.24, 2.45) is 0 Å². The van der Waals surface area contributed by atoms with Gasteiger partial charge >= 0.3 is 12.2 Å². The van der Waals surface area contributed by atoms with E-state index in [1.807, 2.05) is 0 Å². The van der Waals surface area contributed by atoms with Crippen molar-refractivity contribution in [2.45, 2.75) is 19.1 Å². The van der Waals surface area contributed by atoms with Crippen molar-refractivity contribution in [3.05, 3.63) is 58.9 Å². The Kier molecular flexibility index (Phi) is 5.71. The van der Waals surface area contributed by atoms with Gasteiger partial charge in [0, 0.05) is 10.7 Å². The maximum absolute atomic E-state index is 13.2. The molecule has 0 aliphatic carbocycles. The first-order chi connectivity index (χ1) is 14.0. The maximum Gasteiger partial charge on any atom is 0.418 e. The van der Waals surface area contributed by atoms with Crippen LogP contribution in [0.4, 0.5) is 33.7 Å². The summed E-state index contributed by atoms with van der Waals surface area (Å²) in [6, 6.07) is 5.78. The van der Waals surface area contributed by atoms with Gasteiger partial charge in [-0.05, 0) is 49.4 Å². The molecule has 1 fully saturated rings. The summed E-state index contributed by atoms with van der Waals surface area (Å²) in [5.41, 5.74) is -1.48. The molecule has 0 saturated carbocycles. The summed E-state index contributed by atoms with van der Waals surface area (Å²) >= 11 is 5.60. The van der Waals surface area contributed by atoms with Crippen LogP contribution in [0.2, 0.25) is 5.02 Å². The van der Waals surface area contributed by atoms with E-state index in [0.717, 1.165) is 29.2 Å². The van der Waals surface area contributed by atoms with Crippen molar-refractivity contribution in [3.8, 4) is 0 Å². The van der Waals surface area contributed by atoms with Crippen molar-refractivity contribution >= 4 is 40.8 Å². The third kappa shape index (κ3) is 4.23. The van der Waals surface area contributed by atoms with E-state index in [4.69, 9.17) is 11.6 Å². The van der Waals surface area contributed by atoms with Gasteiger partial charge in [0.05, 0.1) is 11.3 Å². The summed E-state index contributed by atoms with van der Waals surface area (Å²) in [6.07, 6.45) is -4.78. The molecule has 3 rings (SSSR count). The number of alkyl halides is 3. The Morgan fingerprint density at radius 3 is 2.37 bits per heavy atom. The molecule has 30 heavy (non-hydrogen) atoms. The largest absolute Gasteiger partial charge is 0.418 e. The molecule has 4 amide bonds. The normalized spacial score (nSPS) is 16.9. The molecule has 11 heteroatoms. The van der Waals surface area contributed by atoms with Gasteiger partial charge in [0.1, 0.15) is 18.4 Å². The number of urea groups is 1. The van der Waals surface area contributed by atoms with Crippen molar-refractivity contribution in [3.63, 3.8) is 0 Å². The standard InChI is InChI=1S/C19H14ClF4N3O3/c1-10-17(29)26(18(30)27(10)13-5-3-12(21)4-6-13)9-16(28)25-15-7-2-11(20)8-14(15)19(22,23)24/h2-8,10H,9H2,1H3,(H,25,28). The van der Waals surface area contributed by atoms with Crippen LogP contribution in [0.15, 0.2) is 42.5 Å². The number of nitrogens with zero attached hydrogens (tertiary/aromatic N) is 2. The van der Waals surface area contributed by atoms with Gasteiger partial charge in [-0.1, -0.05) is 11.6 Å². The average Bonchev–Trinajstić information content (AvgIpc) is 2.87. The zero-order valence-corrected chi connectivity index (χ0v) is 16.1. The lowest BCUT2D eigenvalue weighted by atomic mass is 10.1. The predicted octanol–water partition coefficient (Wildman–Crippen LogP) is 4.29. The first-order valence-corrected chi connectivity index (χ1v) is 8.93. The Balaban J connectivity index is 1.78. The number of hydrogen-bond acceptors (Lipinski definition) is 3. The van der Waals surface area contributed by atoms with Gasteiger partial charge in [0.15, 0.2) is 0 Å². The SMILES string of the molecule is CC1C(=O)N(CC(=O)Nc2ccc(Cl)cc2C(F)(F)F)C(=O)N1c1ccc(F)cc1. The van der Waals surface area contributed by atoms with Crippen LogP contribution in [0.25, 0.3) is 0 Å². The molecule has 1 saturated heterocycles. The minimum Gasteiger partial charge on any atom is -0.324 e. The molecule has 1 N–H and O–H groups in total. The fourth-order valence-corrected chi connectivity index (χ4v) is 3.17. The monoisotopic (exact) mass is 443 g/mol. The molecule has 2 aromatic carbocycles. The Labute approximate surface area is 173 Å². The Bertz CT molecular complexity index is 1010. The highest BCUT2D eigenvalue weighted by molar-refractivity contribution is 6.30. The van der Waals surface area contributed by atoms with E-state index in [-0.39, 0.29) is 10.7 Å². The Hall–Kier alpha value is -3.14. The molecule has 0 bridgehead atoms. The van der Waals surface area contributed by atoms with Gasteiger partial charge in [-0.2, -0.15) is 13.2 Å². The molecule has 1 heterocycles. The van der Waals surface area contributed by atoms with Crippen molar-refractivity contribution < 1.29 is 31.9 Å². The molecule has 2 aromatic rings. The van der Waals surface area contributed by atoms with Crippen LogP contribution in [0, 0.1) is 5.82 Å². The highest BCUT2D eigenvalue weighted by Gasteiger charge is 2.44. The first kappa shape index (κ1) is 21.6. The molecule has 0 aromatic heterocycles. The van der Waals surface area contributed by atoms with E-state index in [0.29, 0.717) is 11.0 Å². The van der Waals surface area contributed by atoms with E-state index in [2.05, 4.69) is 5.32 Å². The minimum atomic E-state index is -4.78. The van der Waals surface area contributed by atoms with Crippen molar-refractivity contribution in [2.75, 3.05) is 16.8 Å². The number of nitrogens with one attached hydrogen (secondary N) is 1. The zero-order chi connectivity index (χ0) is 22.2. The number of halogens is 5. The third-order valence-corrected chi connectivity index (χ3v) is 4.65. The second-order valence-corrected chi connectivity index (χ2v) is 6.90. The van der Waals surface area contributed by atoms with E-state index in [1.165, 1.54) is 19.1 Å². The zero-order valence-electron chi connectivity index (χ0n) is 15.3. The number of imide groups is 1. The van der Waals surface area contributed by atoms with Crippen LogP contribution in [-0.2, 0) is 15.8 Å². The number of carbonyl (C=O) groups is 3. The summed E-state index contributed by atoms with van der Waals surface area (Å²) < 4.78 is 52.6. The smallest absolute Gasteiger partial charge is 0.324 e. The molecule has 0 radical (unpaired) electrons. The first-order valence-electron chi connectivity index (χ1n) is 8.56. The van der Waals surface area contributed by atoms with E-state index in [1.54, 1.807) is 0 Å². The molecule has 158 valence electrons. The lowest BCUT2D eigenvalue weighted by Gasteiger charge is -2.19. The number of amides is 4. The van der Waals surface area contributed by atoms with E-state index in [9.17, 15) is 31.9 Å².